The van der Waals surface area contributed by atoms with Crippen LogP contribution in [0.3, 0.4) is 0 Å². The van der Waals surface area contributed by atoms with Crippen LogP contribution in [0.1, 0.15) is 127 Å². The smallest absolute Gasteiger partial charge is 0.815 e. The van der Waals surface area contributed by atoms with Crippen molar-refractivity contribution < 1.29 is 78.0 Å². The van der Waals surface area contributed by atoms with Gasteiger partial charge in [-0.05, 0) is 62.5 Å². The first-order valence-corrected chi connectivity index (χ1v) is 23.7. The Labute approximate surface area is 331 Å². The molecular weight excluding hydrogens is 835 g/mol. The van der Waals surface area contributed by atoms with E-state index in [0.717, 1.165) is 83.0 Å². The van der Waals surface area contributed by atoms with Gasteiger partial charge in [-0.1, -0.05) is 103 Å². The molecule has 2 aromatic rings. The predicted octanol–water partition coefficient (Wildman–Crippen LogP) is 7.07. The number of unbranched alkanes of at least 4 members (excludes halogenated alkanes) is 8. The van der Waals surface area contributed by atoms with Crippen LogP contribution in [0.2, 0.25) is 0 Å². The Balaban J connectivity index is -0.000000735. The average molecular weight is 885 g/mol. The van der Waals surface area contributed by atoms with Gasteiger partial charge in [0.05, 0.1) is 0 Å². The van der Waals surface area contributed by atoms with E-state index in [-0.39, 0.29) is 58.4 Å². The molecule has 0 aliphatic carbocycles. The van der Waals surface area contributed by atoms with Gasteiger partial charge in [0.1, 0.15) is 21.9 Å². The zero-order valence-electron chi connectivity index (χ0n) is 28.1. The average Bonchev–Trinajstić information content (AvgIpc) is 2.90. The van der Waals surface area contributed by atoms with E-state index in [1.165, 1.54) is 73.6 Å². The fraction of sp³-hybridized carbons (Fsp3) is 0.625. The normalized spacial score (nSPS) is 10.9. The Bertz CT molecular complexity index is 1060. The molecule has 0 amide bonds. The van der Waals surface area contributed by atoms with Crippen molar-refractivity contribution in [3.05, 3.63) is 58.7 Å². The van der Waals surface area contributed by atoms with Crippen molar-refractivity contribution in [2.45, 2.75) is 140 Å². The van der Waals surface area contributed by atoms with E-state index >= 15 is 0 Å². The molecule has 0 heterocycles. The fourth-order valence-corrected chi connectivity index (χ4v) is 10.3. The minimum absolute atomic E-state index is 0. The maximum Gasteiger partial charge on any atom is 2.00 e. The van der Waals surface area contributed by atoms with Crippen LogP contribution in [0.5, 0.6) is 0 Å². The Morgan fingerprint density at radius 1 is 0.489 bits per heavy atom. The van der Waals surface area contributed by atoms with Gasteiger partial charge in [-0.2, -0.15) is 0 Å². The van der Waals surface area contributed by atoms with Gasteiger partial charge in [0.25, 0.3) is 0 Å². The minimum atomic E-state index is -3.76. The maximum absolute atomic E-state index is 11.5. The molecule has 2 aromatic carbocycles. The largest absolute Gasteiger partial charge is 2.00 e. The molecule has 0 N–H and O–H groups in total. The monoisotopic (exact) mass is 880 g/mol. The molecule has 0 bridgehead atoms. The van der Waals surface area contributed by atoms with Crippen LogP contribution in [0, 0.1) is 0 Å². The van der Waals surface area contributed by atoms with E-state index in [0.29, 0.717) is 0 Å². The first-order valence-electron chi connectivity index (χ1n) is 15.6. The molecule has 0 fully saturated rings. The van der Waals surface area contributed by atoms with Crippen LogP contribution in [0.15, 0.2) is 46.2 Å². The zero-order valence-corrected chi connectivity index (χ0v) is 42.0. The van der Waals surface area contributed by atoms with Gasteiger partial charge < -0.3 is 44.1 Å². The molecule has 0 aliphatic rings. The Morgan fingerprint density at radius 3 is 1.04 bits per heavy atom. The van der Waals surface area contributed by atoms with E-state index in [1.54, 1.807) is 0 Å². The second-order valence-electron chi connectivity index (χ2n) is 10.7. The van der Waals surface area contributed by atoms with Gasteiger partial charge in [-0.3, -0.25) is 0 Å². The van der Waals surface area contributed by atoms with Crippen LogP contribution in [0.25, 0.3) is 0 Å². The second-order valence-corrected chi connectivity index (χ2v) is 22.0. The van der Waals surface area contributed by atoms with Crippen LogP contribution in [-0.4, -0.2) is 0 Å². The molecule has 0 saturated heterocycles. The van der Waals surface area contributed by atoms with Gasteiger partial charge in [0.15, 0.2) is 0 Å². The number of aryl methyl sites for hydroxylation is 2. The first-order chi connectivity index (χ1) is 20.0. The number of hydrogen-bond acceptors (Lipinski definition) is 6. The van der Waals surface area contributed by atoms with Gasteiger partial charge >= 0.3 is 58.4 Å². The molecule has 0 spiro atoms. The van der Waals surface area contributed by atoms with Gasteiger partial charge in [0, 0.05) is 23.3 Å². The summed E-state index contributed by atoms with van der Waals surface area (Å²) >= 11 is 9.15. The summed E-state index contributed by atoms with van der Waals surface area (Å²) < 4.78 is 0. The van der Waals surface area contributed by atoms with Crippen molar-refractivity contribution >= 4 is 57.8 Å². The van der Waals surface area contributed by atoms with Crippen LogP contribution in [0.4, 0.5) is 0 Å². The van der Waals surface area contributed by atoms with Crippen LogP contribution >= 0.6 is 11.4 Å². The standard InChI is InChI=1S/2C16H25O2PS2.3Zn/c2*1-3-5-7-10-14-11-9-13-16(21-19(17,18)20)15(14)12-8-6-4-2;;;/h2*9,11,13H,3-8,10,12H2,1-2H3;;;/q2*-2;3*+2. The van der Waals surface area contributed by atoms with E-state index in [9.17, 15) is 19.6 Å². The Hall–Kier alpha value is 2.15. The fourth-order valence-electron chi connectivity index (χ4n) is 4.90. The molecule has 0 aliphatic heterocycles. The van der Waals surface area contributed by atoms with Crippen molar-refractivity contribution in [2.24, 2.45) is 0 Å². The molecular formula is C32H50O4P2S4Zn3+2. The summed E-state index contributed by atoms with van der Waals surface area (Å²) in [5.41, 5.74) is -2.51. The minimum Gasteiger partial charge on any atom is -0.815 e. The molecule has 13 heteroatoms. The molecule has 45 heavy (non-hydrogen) atoms. The third-order valence-electron chi connectivity index (χ3n) is 7.04. The van der Waals surface area contributed by atoms with E-state index in [4.69, 9.17) is 0 Å². The van der Waals surface area contributed by atoms with Crippen molar-refractivity contribution in [3.63, 3.8) is 0 Å². The van der Waals surface area contributed by atoms with Crippen molar-refractivity contribution in [1.29, 1.82) is 0 Å². The molecule has 0 radical (unpaired) electrons. The van der Waals surface area contributed by atoms with Crippen LogP contribution < -0.4 is 19.6 Å². The molecule has 0 unspecified atom stereocenters. The van der Waals surface area contributed by atoms with Gasteiger partial charge in [-0.15, -0.1) is 11.4 Å². The third-order valence-corrected chi connectivity index (χ3v) is 12.5. The molecule has 0 saturated carbocycles. The summed E-state index contributed by atoms with van der Waals surface area (Å²) in [7, 11) is 1.71. The zero-order chi connectivity index (χ0) is 31.4. The van der Waals surface area contributed by atoms with Crippen molar-refractivity contribution in [3.8, 4) is 0 Å². The van der Waals surface area contributed by atoms with E-state index in [1.807, 2.05) is 24.3 Å². The first kappa shape index (κ1) is 51.5. The summed E-state index contributed by atoms with van der Waals surface area (Å²) in [6, 6.07) is 12.0. The second kappa shape index (κ2) is 29.8. The predicted molar refractivity (Wildman–Crippen MR) is 186 cm³/mol. The SMILES string of the molecule is CCCCCc1cccc([S+]=P([O-])([O-])[S-])c1CCCCC.CCCCCc1cccc([S+]=P([O-])([O-])[S-])c1CCCCC.[Zn+2].[Zn+2].[Zn+2]. The third kappa shape index (κ3) is 24.9. The maximum atomic E-state index is 11.5. The number of rotatable bonds is 18. The molecule has 0 aromatic heterocycles. The van der Waals surface area contributed by atoms with Crippen LogP contribution in [-0.2, 0) is 130 Å². The van der Waals surface area contributed by atoms with Crippen molar-refractivity contribution in [1.82, 2.24) is 0 Å². The summed E-state index contributed by atoms with van der Waals surface area (Å²) in [5.74, 6) is 0. The van der Waals surface area contributed by atoms with E-state index in [2.05, 4.69) is 64.3 Å². The van der Waals surface area contributed by atoms with Crippen molar-refractivity contribution in [2.75, 3.05) is 0 Å². The summed E-state index contributed by atoms with van der Waals surface area (Å²) in [5, 5.41) is 0. The molecule has 2 rings (SSSR count). The quantitative estimate of drug-likeness (QED) is 0.0524. The van der Waals surface area contributed by atoms with E-state index < -0.39 is 11.4 Å². The molecule has 0 atom stereocenters. The summed E-state index contributed by atoms with van der Waals surface area (Å²) in [6.45, 7) is 8.74. The summed E-state index contributed by atoms with van der Waals surface area (Å²) in [6.07, 6.45) is 18.0. The topological polar surface area (TPSA) is 92.2 Å². The van der Waals surface area contributed by atoms with Gasteiger partial charge in [0.2, 0.25) is 9.79 Å². The molecule has 4 nitrogen and oxygen atoms in total. The summed E-state index contributed by atoms with van der Waals surface area (Å²) in [4.78, 5) is 47.5. The molecule has 240 valence electrons. The van der Waals surface area contributed by atoms with Gasteiger partial charge in [-0.25, -0.2) is 0 Å². The Kier molecular flexibility index (Phi) is 34.2. The Morgan fingerprint density at radius 2 is 0.778 bits per heavy atom. The number of benzene rings is 2. The number of hydrogen-bond donors (Lipinski definition) is 0.